The van der Waals surface area contributed by atoms with Crippen molar-refractivity contribution in [2.75, 3.05) is 0 Å². The number of nitrogens with one attached hydrogen (secondary N) is 1. The van der Waals surface area contributed by atoms with Gasteiger partial charge in [-0.05, 0) is 30.5 Å². The number of amides is 1. The first-order valence-corrected chi connectivity index (χ1v) is 8.90. The molecule has 0 aliphatic carbocycles. The molecule has 0 aliphatic heterocycles. The number of hydrogen-bond acceptors (Lipinski definition) is 6. The van der Waals surface area contributed by atoms with Gasteiger partial charge in [-0.2, -0.15) is 4.98 Å². The van der Waals surface area contributed by atoms with Crippen molar-refractivity contribution in [3.05, 3.63) is 63.9 Å². The van der Waals surface area contributed by atoms with Crippen molar-refractivity contribution in [3.63, 3.8) is 0 Å². The molecule has 0 fully saturated rings. The summed E-state index contributed by atoms with van der Waals surface area (Å²) in [6.07, 6.45) is 0. The zero-order valence-electron chi connectivity index (χ0n) is 12.5. The van der Waals surface area contributed by atoms with Crippen LogP contribution >= 0.6 is 23.1 Å². The van der Waals surface area contributed by atoms with E-state index >= 15 is 0 Å². The smallest absolute Gasteiger partial charge is 0.252 e. The number of nitrogens with zero attached hydrogens (tertiary/aromatic N) is 2. The van der Waals surface area contributed by atoms with E-state index in [9.17, 15) is 4.79 Å². The fraction of sp³-hybridized carbons (Fsp3) is 0.188. The van der Waals surface area contributed by atoms with E-state index in [0.717, 1.165) is 9.77 Å². The van der Waals surface area contributed by atoms with Gasteiger partial charge in [0.1, 0.15) is 0 Å². The number of rotatable bonds is 6. The Morgan fingerprint density at radius 1 is 1.30 bits per heavy atom. The Morgan fingerprint density at radius 2 is 2.17 bits per heavy atom. The first-order valence-electron chi connectivity index (χ1n) is 7.04. The average molecular weight is 345 g/mol. The highest BCUT2D eigenvalue weighted by Crippen LogP contribution is 2.26. The van der Waals surface area contributed by atoms with E-state index in [1.165, 1.54) is 11.8 Å². The Labute approximate surface area is 142 Å². The van der Waals surface area contributed by atoms with E-state index in [4.69, 9.17) is 4.52 Å². The standard InChI is InChI=1S/C16H15N3O2S2/c1-11-18-15(21-19-11)10-23-14-7-3-2-6-13(14)16(20)17-9-12-5-4-8-22-12/h2-8H,9-10H2,1H3,(H,17,20). The summed E-state index contributed by atoms with van der Waals surface area (Å²) in [5.41, 5.74) is 0.658. The molecule has 1 N–H and O–H groups in total. The number of thioether (sulfide) groups is 1. The molecule has 0 radical (unpaired) electrons. The number of carbonyl (C=O) groups is 1. The normalized spacial score (nSPS) is 10.7. The zero-order chi connectivity index (χ0) is 16.1. The van der Waals surface area contributed by atoms with E-state index in [0.29, 0.717) is 29.6 Å². The van der Waals surface area contributed by atoms with Gasteiger partial charge in [0.2, 0.25) is 5.89 Å². The molecule has 0 spiro atoms. The minimum atomic E-state index is -0.0804. The monoisotopic (exact) mass is 345 g/mol. The first-order chi connectivity index (χ1) is 11.2. The van der Waals surface area contributed by atoms with Crippen molar-refractivity contribution in [2.45, 2.75) is 24.1 Å². The second-order valence-electron chi connectivity index (χ2n) is 4.78. The Hall–Kier alpha value is -2.12. The molecule has 118 valence electrons. The van der Waals surface area contributed by atoms with E-state index < -0.39 is 0 Å². The van der Waals surface area contributed by atoms with Crippen LogP contribution in [0.1, 0.15) is 27.0 Å². The molecule has 2 heterocycles. The van der Waals surface area contributed by atoms with Crippen LogP contribution in [0.3, 0.4) is 0 Å². The van der Waals surface area contributed by atoms with Crippen LogP contribution in [0.5, 0.6) is 0 Å². The van der Waals surface area contributed by atoms with Crippen molar-refractivity contribution >= 4 is 29.0 Å². The minimum Gasteiger partial charge on any atom is -0.347 e. The van der Waals surface area contributed by atoms with Gasteiger partial charge in [0.05, 0.1) is 17.9 Å². The maximum Gasteiger partial charge on any atom is 0.252 e. The van der Waals surface area contributed by atoms with Crippen LogP contribution in [0.2, 0.25) is 0 Å². The van der Waals surface area contributed by atoms with Crippen molar-refractivity contribution in [3.8, 4) is 0 Å². The lowest BCUT2D eigenvalue weighted by Crippen LogP contribution is -2.22. The highest BCUT2D eigenvalue weighted by Gasteiger charge is 2.12. The first kappa shape index (κ1) is 15.8. The number of benzene rings is 1. The molecule has 0 atom stereocenters. The van der Waals surface area contributed by atoms with Gasteiger partial charge in [-0.1, -0.05) is 23.4 Å². The molecular formula is C16H15N3O2S2. The largest absolute Gasteiger partial charge is 0.347 e. The Kier molecular flexibility index (Phi) is 5.09. The molecule has 3 rings (SSSR count). The highest BCUT2D eigenvalue weighted by molar-refractivity contribution is 7.98. The molecule has 2 aromatic heterocycles. The molecule has 0 aliphatic rings. The molecule has 7 heteroatoms. The molecule has 5 nitrogen and oxygen atoms in total. The predicted octanol–water partition coefficient (Wildman–Crippen LogP) is 3.66. The number of thiophene rings is 1. The summed E-state index contributed by atoms with van der Waals surface area (Å²) in [5, 5.41) is 8.72. The lowest BCUT2D eigenvalue weighted by atomic mass is 10.2. The van der Waals surface area contributed by atoms with Gasteiger partial charge in [-0.3, -0.25) is 4.79 Å². The third-order valence-corrected chi connectivity index (χ3v) is 4.99. The number of aryl methyl sites for hydroxylation is 1. The van der Waals surface area contributed by atoms with Crippen LogP contribution in [-0.2, 0) is 12.3 Å². The van der Waals surface area contributed by atoms with Gasteiger partial charge >= 0.3 is 0 Å². The van der Waals surface area contributed by atoms with E-state index in [1.807, 2.05) is 41.8 Å². The van der Waals surface area contributed by atoms with Crippen molar-refractivity contribution < 1.29 is 9.32 Å². The summed E-state index contributed by atoms with van der Waals surface area (Å²) >= 11 is 3.14. The van der Waals surface area contributed by atoms with Gasteiger partial charge < -0.3 is 9.84 Å². The molecule has 0 bridgehead atoms. The molecule has 1 amide bonds. The summed E-state index contributed by atoms with van der Waals surface area (Å²) in [7, 11) is 0. The Morgan fingerprint density at radius 3 is 2.91 bits per heavy atom. The minimum absolute atomic E-state index is 0.0804. The average Bonchev–Trinajstić information content (AvgIpc) is 3.22. The van der Waals surface area contributed by atoms with Crippen LogP contribution in [0.15, 0.2) is 51.2 Å². The third kappa shape index (κ3) is 4.20. The highest BCUT2D eigenvalue weighted by atomic mass is 32.2. The quantitative estimate of drug-likeness (QED) is 0.691. The fourth-order valence-electron chi connectivity index (χ4n) is 1.99. The van der Waals surface area contributed by atoms with E-state index in [1.54, 1.807) is 18.3 Å². The molecular weight excluding hydrogens is 330 g/mol. The van der Waals surface area contributed by atoms with Gasteiger partial charge in [0, 0.05) is 9.77 Å². The van der Waals surface area contributed by atoms with Crippen LogP contribution in [0.4, 0.5) is 0 Å². The van der Waals surface area contributed by atoms with Crippen molar-refractivity contribution in [1.82, 2.24) is 15.5 Å². The summed E-state index contributed by atoms with van der Waals surface area (Å²) < 4.78 is 5.10. The van der Waals surface area contributed by atoms with Gasteiger partial charge in [0.25, 0.3) is 5.91 Å². The zero-order valence-corrected chi connectivity index (χ0v) is 14.1. The molecule has 0 saturated carbocycles. The molecule has 1 aromatic carbocycles. The summed E-state index contributed by atoms with van der Waals surface area (Å²) in [6, 6.07) is 11.5. The maximum atomic E-state index is 12.4. The van der Waals surface area contributed by atoms with E-state index in [2.05, 4.69) is 15.5 Å². The molecule has 0 unspecified atom stereocenters. The SMILES string of the molecule is Cc1noc(CSc2ccccc2C(=O)NCc2cccs2)n1. The van der Waals surface area contributed by atoms with Crippen molar-refractivity contribution in [2.24, 2.45) is 0 Å². The molecule has 23 heavy (non-hydrogen) atoms. The summed E-state index contributed by atoms with van der Waals surface area (Å²) in [6.45, 7) is 2.32. The Bertz CT molecular complexity index is 784. The third-order valence-electron chi connectivity index (χ3n) is 3.06. The van der Waals surface area contributed by atoms with Gasteiger partial charge in [-0.25, -0.2) is 0 Å². The fourth-order valence-corrected chi connectivity index (χ4v) is 3.53. The van der Waals surface area contributed by atoms with Crippen LogP contribution in [0.25, 0.3) is 0 Å². The molecule has 0 saturated heterocycles. The molecule has 3 aromatic rings. The number of carbonyl (C=O) groups excluding carboxylic acids is 1. The predicted molar refractivity (Wildman–Crippen MR) is 90.5 cm³/mol. The van der Waals surface area contributed by atoms with Gasteiger partial charge in [-0.15, -0.1) is 23.1 Å². The summed E-state index contributed by atoms with van der Waals surface area (Å²) in [4.78, 5) is 18.6. The van der Waals surface area contributed by atoms with Crippen molar-refractivity contribution in [1.29, 1.82) is 0 Å². The van der Waals surface area contributed by atoms with Crippen LogP contribution in [0, 0.1) is 6.92 Å². The number of aromatic nitrogens is 2. The number of hydrogen-bond donors (Lipinski definition) is 1. The topological polar surface area (TPSA) is 68.0 Å². The Balaban J connectivity index is 1.65. The summed E-state index contributed by atoms with van der Waals surface area (Å²) in [5.74, 6) is 1.63. The lowest BCUT2D eigenvalue weighted by molar-refractivity contribution is 0.0948. The second-order valence-corrected chi connectivity index (χ2v) is 6.83. The van der Waals surface area contributed by atoms with Crippen LogP contribution in [-0.4, -0.2) is 16.0 Å². The maximum absolute atomic E-state index is 12.4. The second kappa shape index (κ2) is 7.43. The van der Waals surface area contributed by atoms with Crippen LogP contribution < -0.4 is 5.32 Å². The van der Waals surface area contributed by atoms with E-state index in [-0.39, 0.29) is 5.91 Å². The lowest BCUT2D eigenvalue weighted by Gasteiger charge is -2.08. The van der Waals surface area contributed by atoms with Gasteiger partial charge in [0.15, 0.2) is 5.82 Å².